The number of hydrogen-bond acceptors (Lipinski definition) is 5. The Labute approximate surface area is 141 Å². The van der Waals surface area contributed by atoms with Gasteiger partial charge in [-0.2, -0.15) is 9.61 Å². The fourth-order valence-corrected chi connectivity index (χ4v) is 3.15. The molecule has 3 heterocycles. The summed E-state index contributed by atoms with van der Waals surface area (Å²) in [6.45, 7) is 4.13. The topological polar surface area (TPSA) is 45.9 Å². The molecular weight excluding hydrogens is 302 g/mol. The summed E-state index contributed by atoms with van der Waals surface area (Å²) in [6.07, 6.45) is 3.75. The van der Waals surface area contributed by atoms with Crippen LogP contribution in [0.15, 0.2) is 42.7 Å². The van der Waals surface area contributed by atoms with Gasteiger partial charge >= 0.3 is 0 Å². The Balaban J connectivity index is 1.76. The highest BCUT2D eigenvalue weighted by Gasteiger charge is 2.18. The van der Waals surface area contributed by atoms with Gasteiger partial charge in [-0.1, -0.05) is 12.1 Å². The van der Waals surface area contributed by atoms with E-state index in [9.17, 15) is 0 Å². The van der Waals surface area contributed by atoms with Gasteiger partial charge in [0, 0.05) is 37.9 Å². The number of methoxy groups -OCH3 is 1. The molecule has 24 heavy (non-hydrogen) atoms. The molecule has 0 atom stereocenters. The van der Waals surface area contributed by atoms with Gasteiger partial charge in [-0.3, -0.25) is 0 Å². The van der Waals surface area contributed by atoms with Crippen LogP contribution in [0.25, 0.3) is 16.8 Å². The van der Waals surface area contributed by atoms with E-state index in [2.05, 4.69) is 33.0 Å². The minimum Gasteiger partial charge on any atom is -0.497 e. The van der Waals surface area contributed by atoms with E-state index in [-0.39, 0.29) is 0 Å². The van der Waals surface area contributed by atoms with Crippen molar-refractivity contribution < 1.29 is 4.74 Å². The molecule has 6 heteroatoms. The first kappa shape index (κ1) is 15.0. The van der Waals surface area contributed by atoms with Crippen LogP contribution in [0, 0.1) is 0 Å². The largest absolute Gasteiger partial charge is 0.497 e. The smallest absolute Gasteiger partial charge is 0.165 e. The Morgan fingerprint density at radius 2 is 1.92 bits per heavy atom. The van der Waals surface area contributed by atoms with Crippen molar-refractivity contribution in [2.24, 2.45) is 0 Å². The molecule has 1 aliphatic heterocycles. The van der Waals surface area contributed by atoms with E-state index in [1.807, 2.05) is 41.2 Å². The average Bonchev–Trinajstić information content (AvgIpc) is 3.07. The molecule has 0 unspecified atom stereocenters. The maximum absolute atomic E-state index is 5.33. The number of piperazine rings is 1. The molecule has 3 aromatic rings. The van der Waals surface area contributed by atoms with Gasteiger partial charge in [0.25, 0.3) is 0 Å². The predicted molar refractivity (Wildman–Crippen MR) is 94.7 cm³/mol. The number of rotatable bonds is 3. The molecule has 0 saturated carbocycles. The van der Waals surface area contributed by atoms with Gasteiger partial charge < -0.3 is 14.5 Å². The third kappa shape index (κ3) is 2.59. The number of hydrogen-bond donors (Lipinski definition) is 0. The lowest BCUT2D eigenvalue weighted by Crippen LogP contribution is -2.45. The number of nitrogens with zero attached hydrogens (tertiary/aromatic N) is 5. The van der Waals surface area contributed by atoms with Crippen molar-refractivity contribution in [3.05, 3.63) is 42.7 Å². The molecule has 0 aliphatic carbocycles. The van der Waals surface area contributed by atoms with Crippen LogP contribution in [0.1, 0.15) is 0 Å². The van der Waals surface area contributed by atoms with Crippen LogP contribution >= 0.6 is 0 Å². The maximum atomic E-state index is 5.33. The molecule has 1 aromatic carbocycles. The Morgan fingerprint density at radius 3 is 2.71 bits per heavy atom. The molecule has 124 valence electrons. The highest BCUT2D eigenvalue weighted by atomic mass is 16.5. The predicted octanol–water partition coefficient (Wildman–Crippen LogP) is 2.16. The minimum atomic E-state index is 0.835. The molecular formula is C18H21N5O. The van der Waals surface area contributed by atoms with Crippen LogP contribution in [0.5, 0.6) is 5.75 Å². The Bertz CT molecular complexity index is 851. The zero-order valence-electron chi connectivity index (χ0n) is 14.0. The van der Waals surface area contributed by atoms with Crippen molar-refractivity contribution in [1.82, 2.24) is 19.5 Å². The quantitative estimate of drug-likeness (QED) is 0.739. The van der Waals surface area contributed by atoms with Gasteiger partial charge in [0.05, 0.1) is 13.3 Å². The van der Waals surface area contributed by atoms with E-state index < -0.39 is 0 Å². The van der Waals surface area contributed by atoms with Crippen LogP contribution in [0.3, 0.4) is 0 Å². The van der Waals surface area contributed by atoms with Gasteiger partial charge in [0.2, 0.25) is 0 Å². The molecule has 2 aromatic heterocycles. The summed E-state index contributed by atoms with van der Waals surface area (Å²) in [6, 6.07) is 10.0. The van der Waals surface area contributed by atoms with Crippen molar-refractivity contribution in [2.75, 3.05) is 45.2 Å². The van der Waals surface area contributed by atoms with Crippen LogP contribution in [-0.4, -0.2) is 59.8 Å². The van der Waals surface area contributed by atoms with Crippen molar-refractivity contribution in [3.63, 3.8) is 0 Å². The Kier molecular flexibility index (Phi) is 3.82. The van der Waals surface area contributed by atoms with Crippen LogP contribution < -0.4 is 9.64 Å². The van der Waals surface area contributed by atoms with E-state index in [0.717, 1.165) is 54.5 Å². The van der Waals surface area contributed by atoms with Crippen molar-refractivity contribution in [2.45, 2.75) is 0 Å². The van der Waals surface area contributed by atoms with Gasteiger partial charge in [0.1, 0.15) is 11.6 Å². The van der Waals surface area contributed by atoms with E-state index in [4.69, 9.17) is 4.74 Å². The summed E-state index contributed by atoms with van der Waals surface area (Å²) in [5, 5.41) is 4.60. The zero-order chi connectivity index (χ0) is 16.5. The van der Waals surface area contributed by atoms with Crippen molar-refractivity contribution >= 4 is 11.5 Å². The standard InChI is InChI=1S/C18H21N5O/c1-21-8-10-22(11-9-21)17-6-7-19-18-16(13-20-23(17)18)14-4-3-5-15(12-14)24-2/h3-7,12-13H,8-11H2,1-2H3. The number of benzene rings is 1. The first-order valence-corrected chi connectivity index (χ1v) is 8.17. The van der Waals surface area contributed by atoms with Gasteiger partial charge in [-0.05, 0) is 30.8 Å². The number of anilines is 1. The maximum Gasteiger partial charge on any atom is 0.165 e. The van der Waals surface area contributed by atoms with Crippen LogP contribution in [-0.2, 0) is 0 Å². The molecule has 6 nitrogen and oxygen atoms in total. The third-order valence-electron chi connectivity index (χ3n) is 4.59. The van der Waals surface area contributed by atoms with E-state index >= 15 is 0 Å². The van der Waals surface area contributed by atoms with Crippen LogP contribution in [0.4, 0.5) is 5.82 Å². The second kappa shape index (κ2) is 6.13. The summed E-state index contributed by atoms with van der Waals surface area (Å²) in [4.78, 5) is 9.28. The molecule has 0 radical (unpaired) electrons. The first-order chi connectivity index (χ1) is 11.8. The molecule has 4 rings (SSSR count). The van der Waals surface area contributed by atoms with Crippen molar-refractivity contribution in [3.8, 4) is 16.9 Å². The summed E-state index contributed by atoms with van der Waals surface area (Å²) < 4.78 is 7.28. The lowest BCUT2D eigenvalue weighted by Gasteiger charge is -2.33. The lowest BCUT2D eigenvalue weighted by molar-refractivity contribution is 0.311. The molecule has 0 amide bonds. The van der Waals surface area contributed by atoms with Gasteiger partial charge in [0.15, 0.2) is 5.65 Å². The summed E-state index contributed by atoms with van der Waals surface area (Å²) >= 11 is 0. The normalized spacial score (nSPS) is 15.8. The molecule has 1 aliphatic rings. The number of aromatic nitrogens is 3. The Hall–Kier alpha value is -2.60. The monoisotopic (exact) mass is 323 g/mol. The number of ether oxygens (including phenoxy) is 1. The summed E-state index contributed by atoms with van der Waals surface area (Å²) in [7, 11) is 3.84. The lowest BCUT2D eigenvalue weighted by atomic mass is 10.1. The highest BCUT2D eigenvalue weighted by Crippen LogP contribution is 2.28. The van der Waals surface area contributed by atoms with E-state index in [1.165, 1.54) is 0 Å². The minimum absolute atomic E-state index is 0.835. The number of likely N-dealkylation sites (N-methyl/N-ethyl adjacent to an activating group) is 1. The first-order valence-electron chi connectivity index (χ1n) is 8.17. The molecule has 1 fully saturated rings. The average molecular weight is 323 g/mol. The molecule has 0 bridgehead atoms. The zero-order valence-corrected chi connectivity index (χ0v) is 14.0. The fourth-order valence-electron chi connectivity index (χ4n) is 3.15. The van der Waals surface area contributed by atoms with Crippen molar-refractivity contribution in [1.29, 1.82) is 0 Å². The third-order valence-corrected chi connectivity index (χ3v) is 4.59. The van der Waals surface area contributed by atoms with Gasteiger partial charge in [-0.25, -0.2) is 4.98 Å². The van der Waals surface area contributed by atoms with Crippen LogP contribution in [0.2, 0.25) is 0 Å². The van der Waals surface area contributed by atoms with E-state index in [1.54, 1.807) is 7.11 Å². The summed E-state index contributed by atoms with van der Waals surface area (Å²) in [5.41, 5.74) is 2.96. The second-order valence-electron chi connectivity index (χ2n) is 6.12. The molecule has 1 saturated heterocycles. The highest BCUT2D eigenvalue weighted by molar-refractivity contribution is 5.78. The summed E-state index contributed by atoms with van der Waals surface area (Å²) in [5.74, 6) is 1.93. The SMILES string of the molecule is COc1cccc(-c2cnn3c(N4CCN(C)CC4)ccnc23)c1. The fraction of sp³-hybridized carbons (Fsp3) is 0.333. The van der Waals surface area contributed by atoms with Gasteiger partial charge in [-0.15, -0.1) is 0 Å². The van der Waals surface area contributed by atoms with E-state index in [0.29, 0.717) is 0 Å². The molecule has 0 spiro atoms. The Morgan fingerprint density at radius 1 is 1.08 bits per heavy atom. The number of fused-ring (bicyclic) bond motifs is 1. The second-order valence-corrected chi connectivity index (χ2v) is 6.12. The molecule has 0 N–H and O–H groups in total.